The number of ether oxygens (including phenoxy) is 3. The average Bonchev–Trinajstić information content (AvgIpc) is 2.75. The van der Waals surface area contributed by atoms with Crippen LogP contribution in [0, 0.1) is 0 Å². The summed E-state index contributed by atoms with van der Waals surface area (Å²) in [4.78, 5) is 12.4. The van der Waals surface area contributed by atoms with Crippen LogP contribution in [0.25, 0.3) is 6.08 Å². The van der Waals surface area contributed by atoms with E-state index in [4.69, 9.17) is 14.2 Å². The maximum Gasteiger partial charge on any atom is 0.248 e. The fraction of sp³-hybridized carbons (Fsp3) is 0.318. The topological polar surface area (TPSA) is 94.2 Å². The highest BCUT2D eigenvalue weighted by molar-refractivity contribution is 7.92. The van der Waals surface area contributed by atoms with Crippen LogP contribution in [0.2, 0.25) is 0 Å². The first-order chi connectivity index (χ1) is 14.8. The molecule has 31 heavy (non-hydrogen) atoms. The van der Waals surface area contributed by atoms with E-state index in [0.29, 0.717) is 40.7 Å². The summed E-state index contributed by atoms with van der Waals surface area (Å²) in [6.07, 6.45) is 5.77. The van der Waals surface area contributed by atoms with Crippen LogP contribution in [0.3, 0.4) is 0 Å². The molecule has 1 heterocycles. The molecule has 0 bridgehead atoms. The second-order valence-electron chi connectivity index (χ2n) is 7.06. The maximum atomic E-state index is 12.4. The number of benzene rings is 2. The summed E-state index contributed by atoms with van der Waals surface area (Å²) < 4.78 is 41.5. The number of fused-ring (bicyclic) bond motifs is 1. The summed E-state index contributed by atoms with van der Waals surface area (Å²) in [5.74, 6) is 1.08. The first-order valence-electron chi connectivity index (χ1n) is 9.66. The number of aryl methyl sites for hydroxylation is 1. The lowest BCUT2D eigenvalue weighted by atomic mass is 10.0. The van der Waals surface area contributed by atoms with E-state index in [9.17, 15) is 13.2 Å². The van der Waals surface area contributed by atoms with Crippen LogP contribution in [0.1, 0.15) is 17.5 Å². The number of nitrogens with one attached hydrogen (secondary N) is 1. The molecule has 8 nitrogen and oxygen atoms in total. The summed E-state index contributed by atoms with van der Waals surface area (Å²) in [7, 11) is 1.19. The third-order valence-corrected chi connectivity index (χ3v) is 6.12. The minimum Gasteiger partial charge on any atom is -0.493 e. The van der Waals surface area contributed by atoms with E-state index >= 15 is 0 Å². The lowest BCUT2D eigenvalue weighted by molar-refractivity contribution is -0.111. The molecule has 1 amide bonds. The normalized spacial score (nSPS) is 13.6. The zero-order valence-electron chi connectivity index (χ0n) is 18.0. The van der Waals surface area contributed by atoms with Crippen molar-refractivity contribution < 1.29 is 27.4 Å². The van der Waals surface area contributed by atoms with Gasteiger partial charge in [-0.05, 0) is 54.3 Å². The molecular formula is C22H26N2O6S. The number of sulfonamides is 1. The van der Waals surface area contributed by atoms with Crippen molar-refractivity contribution in [2.75, 3.05) is 43.8 Å². The van der Waals surface area contributed by atoms with Crippen LogP contribution < -0.4 is 23.8 Å². The molecule has 1 aliphatic rings. The molecule has 0 spiro atoms. The van der Waals surface area contributed by atoms with Crippen molar-refractivity contribution in [3.05, 3.63) is 47.5 Å². The summed E-state index contributed by atoms with van der Waals surface area (Å²) in [5, 5.41) is 2.78. The van der Waals surface area contributed by atoms with Gasteiger partial charge in [0.1, 0.15) is 0 Å². The Morgan fingerprint density at radius 2 is 1.74 bits per heavy atom. The van der Waals surface area contributed by atoms with E-state index < -0.39 is 10.0 Å². The quantitative estimate of drug-likeness (QED) is 0.657. The number of carbonyl (C=O) groups is 1. The molecule has 3 rings (SSSR count). The molecule has 0 aliphatic carbocycles. The van der Waals surface area contributed by atoms with Crippen LogP contribution >= 0.6 is 0 Å². The molecule has 0 unspecified atom stereocenters. The smallest absolute Gasteiger partial charge is 0.248 e. The number of methoxy groups -OCH3 is 3. The standard InChI is InChI=1S/C22H26N2O6S/c1-28-19-12-15(13-20(29-2)22(19)30-3)7-10-21(25)23-17-9-8-16-6-5-11-24(18(16)14-17)31(4,26)27/h7-10,12-14H,5-6,11H2,1-4H3,(H,23,25)/b10-7+. The predicted octanol–water partition coefficient (Wildman–Crippen LogP) is 3.08. The summed E-state index contributed by atoms with van der Waals surface area (Å²) >= 11 is 0. The zero-order valence-corrected chi connectivity index (χ0v) is 18.8. The number of carbonyl (C=O) groups excluding carboxylic acids is 1. The van der Waals surface area contributed by atoms with Gasteiger partial charge in [0.25, 0.3) is 0 Å². The van der Waals surface area contributed by atoms with Crippen molar-refractivity contribution in [2.24, 2.45) is 0 Å². The molecule has 0 saturated heterocycles. The lowest BCUT2D eigenvalue weighted by Gasteiger charge is -2.29. The fourth-order valence-electron chi connectivity index (χ4n) is 3.52. The van der Waals surface area contributed by atoms with Crippen molar-refractivity contribution in [1.29, 1.82) is 0 Å². The average molecular weight is 447 g/mol. The number of rotatable bonds is 7. The van der Waals surface area contributed by atoms with Gasteiger partial charge in [-0.25, -0.2) is 8.42 Å². The third-order valence-electron chi connectivity index (χ3n) is 4.94. The molecule has 9 heteroatoms. The van der Waals surface area contributed by atoms with Crippen molar-refractivity contribution in [2.45, 2.75) is 12.8 Å². The predicted molar refractivity (Wildman–Crippen MR) is 121 cm³/mol. The van der Waals surface area contributed by atoms with Crippen LogP contribution in [-0.2, 0) is 21.2 Å². The Hall–Kier alpha value is -3.20. The number of hydrogen-bond donors (Lipinski definition) is 1. The molecule has 2 aromatic carbocycles. The molecule has 2 aromatic rings. The first kappa shape index (κ1) is 22.5. The summed E-state index contributed by atoms with van der Waals surface area (Å²) in [6, 6.07) is 8.78. The molecule has 0 radical (unpaired) electrons. The van der Waals surface area contributed by atoms with Crippen LogP contribution in [0.5, 0.6) is 17.2 Å². The first-order valence-corrected chi connectivity index (χ1v) is 11.5. The lowest BCUT2D eigenvalue weighted by Crippen LogP contribution is -2.34. The van der Waals surface area contributed by atoms with E-state index in [1.165, 1.54) is 38.0 Å². The molecule has 1 aliphatic heterocycles. The Morgan fingerprint density at radius 3 is 2.32 bits per heavy atom. The van der Waals surface area contributed by atoms with Gasteiger partial charge >= 0.3 is 0 Å². The van der Waals surface area contributed by atoms with Crippen molar-refractivity contribution in [3.8, 4) is 17.2 Å². The molecule has 0 aromatic heterocycles. The SMILES string of the molecule is COc1cc(/C=C/C(=O)Nc2ccc3c(c2)N(S(C)(=O)=O)CCC3)cc(OC)c1OC. The van der Waals surface area contributed by atoms with Gasteiger partial charge in [-0.15, -0.1) is 0 Å². The van der Waals surface area contributed by atoms with Crippen molar-refractivity contribution in [3.63, 3.8) is 0 Å². The Morgan fingerprint density at radius 1 is 1.06 bits per heavy atom. The highest BCUT2D eigenvalue weighted by atomic mass is 32.2. The maximum absolute atomic E-state index is 12.4. The van der Waals surface area contributed by atoms with E-state index in [-0.39, 0.29) is 5.91 Å². The number of nitrogens with zero attached hydrogens (tertiary/aromatic N) is 1. The van der Waals surface area contributed by atoms with Crippen molar-refractivity contribution >= 4 is 33.4 Å². The van der Waals surface area contributed by atoms with Gasteiger partial charge < -0.3 is 19.5 Å². The molecule has 1 N–H and O–H groups in total. The Kier molecular flexibility index (Phi) is 6.74. The van der Waals surface area contributed by atoms with Gasteiger partial charge in [0, 0.05) is 18.3 Å². The van der Waals surface area contributed by atoms with E-state index in [0.717, 1.165) is 18.4 Å². The van der Waals surface area contributed by atoms with E-state index in [2.05, 4.69) is 5.32 Å². The van der Waals surface area contributed by atoms with Crippen LogP contribution in [0.4, 0.5) is 11.4 Å². The Balaban J connectivity index is 1.80. The second kappa shape index (κ2) is 9.30. The van der Waals surface area contributed by atoms with Gasteiger partial charge in [0.05, 0.1) is 33.3 Å². The van der Waals surface area contributed by atoms with Gasteiger partial charge in [-0.1, -0.05) is 6.07 Å². The molecule has 0 atom stereocenters. The van der Waals surface area contributed by atoms with Crippen molar-refractivity contribution in [1.82, 2.24) is 0 Å². The highest BCUT2D eigenvalue weighted by Gasteiger charge is 2.24. The number of anilines is 2. The van der Waals surface area contributed by atoms with E-state index in [1.807, 2.05) is 6.07 Å². The number of hydrogen-bond acceptors (Lipinski definition) is 6. The van der Waals surface area contributed by atoms with Gasteiger partial charge in [-0.2, -0.15) is 0 Å². The molecule has 0 fully saturated rings. The Bertz CT molecular complexity index is 1090. The molecule has 166 valence electrons. The summed E-state index contributed by atoms with van der Waals surface area (Å²) in [6.45, 7) is 0.435. The molecule has 0 saturated carbocycles. The Labute approximate surface area is 182 Å². The minimum absolute atomic E-state index is 0.351. The minimum atomic E-state index is -3.38. The fourth-order valence-corrected chi connectivity index (χ4v) is 4.50. The monoisotopic (exact) mass is 446 g/mol. The second-order valence-corrected chi connectivity index (χ2v) is 8.97. The summed E-state index contributed by atoms with van der Waals surface area (Å²) in [5.41, 5.74) is 2.77. The number of amides is 1. The zero-order chi connectivity index (χ0) is 22.6. The molecular weight excluding hydrogens is 420 g/mol. The van der Waals surface area contributed by atoms with E-state index in [1.54, 1.807) is 30.3 Å². The van der Waals surface area contributed by atoms with Gasteiger partial charge in [0.2, 0.25) is 21.7 Å². The third kappa shape index (κ3) is 5.11. The van der Waals surface area contributed by atoms with Crippen LogP contribution in [-0.4, -0.2) is 48.5 Å². The van der Waals surface area contributed by atoms with Gasteiger partial charge in [-0.3, -0.25) is 9.10 Å². The largest absolute Gasteiger partial charge is 0.493 e. The highest BCUT2D eigenvalue weighted by Crippen LogP contribution is 2.38. The van der Waals surface area contributed by atoms with Gasteiger partial charge in [0.15, 0.2) is 11.5 Å². The van der Waals surface area contributed by atoms with Crippen LogP contribution in [0.15, 0.2) is 36.4 Å².